The Labute approximate surface area is 164 Å². The molecule has 0 amide bonds. The molecule has 0 heterocycles. The van der Waals surface area contributed by atoms with Crippen LogP contribution in [-0.2, 0) is 6.54 Å². The molecule has 28 heavy (non-hydrogen) atoms. The lowest BCUT2D eigenvalue weighted by Gasteiger charge is -2.12. The topological polar surface area (TPSA) is 38.3 Å². The number of fused-ring (bicyclic) bond motifs is 1. The van der Waals surface area contributed by atoms with Crippen molar-refractivity contribution < 1.29 is 9.53 Å². The fraction of sp³-hybridized carbons (Fsp3) is 0.0800. The molecule has 138 valence electrons. The number of carbonyl (C=O) groups excluding carboxylic acids is 1. The van der Waals surface area contributed by atoms with Gasteiger partial charge < -0.3 is 10.1 Å². The van der Waals surface area contributed by atoms with Crippen LogP contribution in [0.4, 0.5) is 5.69 Å². The van der Waals surface area contributed by atoms with Gasteiger partial charge in [-0.15, -0.1) is 0 Å². The molecule has 4 aromatic rings. The highest BCUT2D eigenvalue weighted by atomic mass is 16.5. The van der Waals surface area contributed by atoms with Crippen LogP contribution >= 0.6 is 0 Å². The zero-order valence-corrected chi connectivity index (χ0v) is 15.7. The number of para-hydroxylation sites is 1. The monoisotopic (exact) mass is 367 g/mol. The van der Waals surface area contributed by atoms with E-state index in [4.69, 9.17) is 4.74 Å². The molecule has 1 N–H and O–H groups in total. The van der Waals surface area contributed by atoms with Crippen molar-refractivity contribution in [1.82, 2.24) is 0 Å². The summed E-state index contributed by atoms with van der Waals surface area (Å²) in [6.45, 7) is 2.27. The lowest BCUT2D eigenvalue weighted by atomic mass is 10.0. The van der Waals surface area contributed by atoms with Crippen LogP contribution in [0.1, 0.15) is 22.8 Å². The zero-order chi connectivity index (χ0) is 19.3. The van der Waals surface area contributed by atoms with Crippen LogP contribution in [0, 0.1) is 0 Å². The second kappa shape index (κ2) is 7.97. The van der Waals surface area contributed by atoms with E-state index >= 15 is 0 Å². The maximum atomic E-state index is 11.9. The quantitative estimate of drug-likeness (QED) is 0.398. The van der Waals surface area contributed by atoms with E-state index in [0.29, 0.717) is 6.54 Å². The van der Waals surface area contributed by atoms with Crippen LogP contribution in [0.15, 0.2) is 91.0 Å². The van der Waals surface area contributed by atoms with Gasteiger partial charge in [-0.2, -0.15) is 0 Å². The third kappa shape index (κ3) is 3.89. The normalized spacial score (nSPS) is 10.6. The first-order valence-corrected chi connectivity index (χ1v) is 9.29. The van der Waals surface area contributed by atoms with Crippen LogP contribution in [0.5, 0.6) is 11.5 Å². The molecule has 0 bridgehead atoms. The molecule has 4 rings (SSSR count). The fourth-order valence-electron chi connectivity index (χ4n) is 3.31. The number of nitrogens with one attached hydrogen (secondary N) is 1. The highest BCUT2D eigenvalue weighted by Crippen LogP contribution is 2.27. The molecule has 3 heteroatoms. The second-order valence-corrected chi connectivity index (χ2v) is 6.68. The first-order valence-electron chi connectivity index (χ1n) is 9.29. The van der Waals surface area contributed by atoms with E-state index in [0.717, 1.165) is 39.1 Å². The second-order valence-electron chi connectivity index (χ2n) is 6.68. The van der Waals surface area contributed by atoms with Gasteiger partial charge in [-0.25, -0.2) is 0 Å². The van der Waals surface area contributed by atoms with Gasteiger partial charge in [0.15, 0.2) is 5.78 Å². The molecule has 4 aromatic carbocycles. The summed E-state index contributed by atoms with van der Waals surface area (Å²) in [6.07, 6.45) is 0. The lowest BCUT2D eigenvalue weighted by molar-refractivity contribution is 0.101. The Balaban J connectivity index is 1.54. The Morgan fingerprint density at radius 3 is 2.32 bits per heavy atom. The van der Waals surface area contributed by atoms with E-state index in [1.54, 1.807) is 6.92 Å². The maximum Gasteiger partial charge on any atom is 0.160 e. The molecule has 0 saturated carbocycles. The van der Waals surface area contributed by atoms with Crippen LogP contribution in [0.3, 0.4) is 0 Å². The summed E-state index contributed by atoms with van der Waals surface area (Å²) >= 11 is 0. The molecular weight excluding hydrogens is 346 g/mol. The third-order valence-corrected chi connectivity index (χ3v) is 4.66. The molecule has 0 aliphatic carbocycles. The van der Waals surface area contributed by atoms with Gasteiger partial charge in [0.1, 0.15) is 11.5 Å². The minimum absolute atomic E-state index is 0.0773. The molecule has 0 aliphatic heterocycles. The van der Waals surface area contributed by atoms with Crippen LogP contribution in [0.2, 0.25) is 0 Å². The van der Waals surface area contributed by atoms with Gasteiger partial charge >= 0.3 is 0 Å². The maximum absolute atomic E-state index is 11.9. The fourth-order valence-corrected chi connectivity index (χ4v) is 3.31. The zero-order valence-electron chi connectivity index (χ0n) is 15.7. The minimum Gasteiger partial charge on any atom is -0.457 e. The molecule has 0 aliphatic rings. The molecule has 0 aromatic heterocycles. The smallest absolute Gasteiger partial charge is 0.160 e. The van der Waals surface area contributed by atoms with E-state index in [2.05, 4.69) is 11.4 Å². The van der Waals surface area contributed by atoms with Gasteiger partial charge in [0, 0.05) is 23.2 Å². The summed E-state index contributed by atoms with van der Waals surface area (Å²) in [5, 5.41) is 5.52. The van der Waals surface area contributed by atoms with E-state index < -0.39 is 0 Å². The molecule has 3 nitrogen and oxygen atoms in total. The van der Waals surface area contributed by atoms with Crippen molar-refractivity contribution in [3.63, 3.8) is 0 Å². The van der Waals surface area contributed by atoms with Crippen LogP contribution in [-0.4, -0.2) is 5.78 Å². The average Bonchev–Trinajstić information content (AvgIpc) is 2.72. The van der Waals surface area contributed by atoms with Crippen molar-refractivity contribution in [1.29, 1.82) is 0 Å². The number of ether oxygens (including phenoxy) is 1. The Kier molecular flexibility index (Phi) is 5.07. The molecule has 0 saturated heterocycles. The molecule has 0 radical (unpaired) electrons. The third-order valence-electron chi connectivity index (χ3n) is 4.66. The number of hydrogen-bond donors (Lipinski definition) is 1. The van der Waals surface area contributed by atoms with Gasteiger partial charge in [-0.05, 0) is 48.2 Å². The molecule has 0 fully saturated rings. The van der Waals surface area contributed by atoms with E-state index in [9.17, 15) is 4.79 Å². The van der Waals surface area contributed by atoms with E-state index in [1.807, 2.05) is 84.9 Å². The number of Topliss-reactive ketones (excluding diaryl/α,β-unsaturated/α-hetero) is 1. The SMILES string of the molecule is CC(=O)c1cccc2c(NCc3cccc(Oc4ccccc4)c3)cccc12. The molecule has 0 spiro atoms. The van der Waals surface area contributed by atoms with E-state index in [-0.39, 0.29) is 5.78 Å². The van der Waals surface area contributed by atoms with Crippen molar-refractivity contribution >= 4 is 22.2 Å². The summed E-state index contributed by atoms with van der Waals surface area (Å²) in [4.78, 5) is 11.9. The van der Waals surface area contributed by atoms with Gasteiger partial charge in [0.05, 0.1) is 0 Å². The van der Waals surface area contributed by atoms with Crippen molar-refractivity contribution in [2.24, 2.45) is 0 Å². The van der Waals surface area contributed by atoms with E-state index in [1.165, 1.54) is 0 Å². The first-order chi connectivity index (χ1) is 13.7. The van der Waals surface area contributed by atoms with Gasteiger partial charge in [-0.3, -0.25) is 4.79 Å². The lowest BCUT2D eigenvalue weighted by Crippen LogP contribution is -2.01. The predicted molar refractivity (Wildman–Crippen MR) is 114 cm³/mol. The van der Waals surface area contributed by atoms with Crippen molar-refractivity contribution in [2.45, 2.75) is 13.5 Å². The Morgan fingerprint density at radius 2 is 1.50 bits per heavy atom. The number of anilines is 1. The number of hydrogen-bond acceptors (Lipinski definition) is 3. The summed E-state index contributed by atoms with van der Waals surface area (Å²) in [6, 6.07) is 29.6. The Morgan fingerprint density at radius 1 is 0.786 bits per heavy atom. The van der Waals surface area contributed by atoms with Crippen LogP contribution in [0.25, 0.3) is 10.8 Å². The highest BCUT2D eigenvalue weighted by molar-refractivity contribution is 6.09. The number of benzene rings is 4. The summed E-state index contributed by atoms with van der Waals surface area (Å²) in [7, 11) is 0. The average molecular weight is 367 g/mol. The molecular formula is C25H21NO2. The summed E-state index contributed by atoms with van der Waals surface area (Å²) in [5.41, 5.74) is 2.88. The van der Waals surface area contributed by atoms with Gasteiger partial charge in [-0.1, -0.05) is 60.7 Å². The van der Waals surface area contributed by atoms with Crippen molar-refractivity contribution in [2.75, 3.05) is 5.32 Å². The van der Waals surface area contributed by atoms with Crippen LogP contribution < -0.4 is 10.1 Å². The standard InChI is InChI=1S/C25H21NO2/c1-18(27)22-12-6-14-24-23(22)13-7-15-25(24)26-17-19-8-5-11-21(16-19)28-20-9-3-2-4-10-20/h2-16,26H,17H2,1H3. The van der Waals surface area contributed by atoms with Crippen molar-refractivity contribution in [3.8, 4) is 11.5 Å². The minimum atomic E-state index is 0.0773. The number of rotatable bonds is 6. The Bertz CT molecular complexity index is 1120. The number of carbonyl (C=O) groups is 1. The first kappa shape index (κ1) is 17.8. The molecule has 0 atom stereocenters. The summed E-state index contributed by atoms with van der Waals surface area (Å²) < 4.78 is 5.92. The van der Waals surface area contributed by atoms with Crippen molar-refractivity contribution in [3.05, 3.63) is 102 Å². The van der Waals surface area contributed by atoms with Gasteiger partial charge in [0.2, 0.25) is 0 Å². The Hall–Kier alpha value is -3.59. The molecule has 0 unspecified atom stereocenters. The predicted octanol–water partition coefficient (Wildman–Crippen LogP) is 6.45. The number of ketones is 1. The largest absolute Gasteiger partial charge is 0.457 e. The van der Waals surface area contributed by atoms with Gasteiger partial charge in [0.25, 0.3) is 0 Å². The highest BCUT2D eigenvalue weighted by Gasteiger charge is 2.08. The summed E-state index contributed by atoms with van der Waals surface area (Å²) in [5.74, 6) is 1.70.